The van der Waals surface area contributed by atoms with Gasteiger partial charge in [0, 0.05) is 43.5 Å². The fraction of sp³-hybridized carbons (Fsp3) is 0.333. The third kappa shape index (κ3) is 5.13. The lowest BCUT2D eigenvalue weighted by Gasteiger charge is -2.34. The summed E-state index contributed by atoms with van der Waals surface area (Å²) in [4.78, 5) is 21.5. The number of hydrogen-bond donors (Lipinski definition) is 0. The van der Waals surface area contributed by atoms with E-state index in [0.717, 1.165) is 38.3 Å². The fourth-order valence-electron chi connectivity index (χ4n) is 4.02. The molecule has 0 N–H and O–H groups in total. The van der Waals surface area contributed by atoms with Crippen LogP contribution in [-0.2, 0) is 6.54 Å². The smallest absolute Gasteiger partial charge is 0.314 e. The molecule has 0 saturated carbocycles. The number of halogens is 2. The Hall–Kier alpha value is -4.06. The number of piperazine rings is 1. The Morgan fingerprint density at radius 2 is 1.89 bits per heavy atom. The normalized spacial score (nSPS) is 14.5. The molecule has 0 aliphatic carbocycles. The number of carbonyl (C=O) groups is 1. The maximum atomic E-state index is 13.0. The zero-order chi connectivity index (χ0) is 25.1. The Balaban J connectivity index is 1.25. The van der Waals surface area contributed by atoms with E-state index in [1.54, 1.807) is 23.0 Å². The third-order valence-corrected chi connectivity index (χ3v) is 6.07. The molecule has 4 aromatic rings. The van der Waals surface area contributed by atoms with Crippen LogP contribution in [0.2, 0.25) is 0 Å². The van der Waals surface area contributed by atoms with E-state index in [-0.39, 0.29) is 11.8 Å². The van der Waals surface area contributed by atoms with Crippen LogP contribution in [0.3, 0.4) is 0 Å². The number of benzene rings is 1. The quantitative estimate of drug-likeness (QED) is 0.386. The minimum absolute atomic E-state index is 0.0194. The molecule has 1 aromatic carbocycles. The molecule has 3 aromatic heterocycles. The van der Waals surface area contributed by atoms with Crippen molar-refractivity contribution in [2.45, 2.75) is 19.9 Å². The summed E-state index contributed by atoms with van der Waals surface area (Å²) in [6.45, 7) is 6.68. The molecule has 10 nitrogen and oxygen atoms in total. The monoisotopic (exact) mass is 494 g/mol. The summed E-state index contributed by atoms with van der Waals surface area (Å²) in [6.07, 6.45) is 0.438. The van der Waals surface area contributed by atoms with Crippen LogP contribution >= 0.6 is 0 Å². The van der Waals surface area contributed by atoms with E-state index in [1.165, 1.54) is 6.20 Å². The summed E-state index contributed by atoms with van der Waals surface area (Å²) in [5, 5.41) is 15.4. The maximum Gasteiger partial charge on any atom is 0.314 e. The summed E-state index contributed by atoms with van der Waals surface area (Å²) in [6, 6.07) is 10.8. The van der Waals surface area contributed by atoms with Crippen LogP contribution in [0, 0.1) is 0 Å². The number of nitrogens with zero attached hydrogens (tertiary/aromatic N) is 8. The number of likely N-dealkylation sites (N-methyl/N-ethyl adjacent to an activating group) is 1. The van der Waals surface area contributed by atoms with Gasteiger partial charge in [-0.3, -0.25) is 9.78 Å². The van der Waals surface area contributed by atoms with Gasteiger partial charge in [0.25, 0.3) is 11.8 Å². The van der Waals surface area contributed by atoms with Gasteiger partial charge in [-0.15, -0.1) is 15.3 Å². The fourth-order valence-corrected chi connectivity index (χ4v) is 4.02. The molecule has 1 aliphatic heterocycles. The van der Waals surface area contributed by atoms with E-state index in [0.29, 0.717) is 29.1 Å². The van der Waals surface area contributed by atoms with Gasteiger partial charge in [-0.2, -0.15) is 8.78 Å². The van der Waals surface area contributed by atoms with Crippen LogP contribution in [-0.4, -0.2) is 78.6 Å². The Morgan fingerprint density at radius 3 is 2.58 bits per heavy atom. The van der Waals surface area contributed by atoms with Crippen molar-refractivity contribution in [3.05, 3.63) is 65.9 Å². The molecule has 0 atom stereocenters. The van der Waals surface area contributed by atoms with Gasteiger partial charge >= 0.3 is 6.43 Å². The minimum atomic E-state index is -2.82. The van der Waals surface area contributed by atoms with Gasteiger partial charge in [0.2, 0.25) is 5.89 Å². The van der Waals surface area contributed by atoms with Gasteiger partial charge in [0.15, 0.2) is 0 Å². The first-order chi connectivity index (χ1) is 17.5. The zero-order valence-corrected chi connectivity index (χ0v) is 19.6. The highest BCUT2D eigenvalue weighted by Gasteiger charge is 2.22. The number of pyridine rings is 1. The van der Waals surface area contributed by atoms with Gasteiger partial charge in [0.05, 0.1) is 24.0 Å². The molecule has 0 bridgehead atoms. The van der Waals surface area contributed by atoms with Crippen molar-refractivity contribution in [3.63, 3.8) is 0 Å². The van der Waals surface area contributed by atoms with Gasteiger partial charge in [0.1, 0.15) is 5.69 Å². The Kier molecular flexibility index (Phi) is 6.76. The topological polar surface area (TPSA) is 106 Å². The molecular formula is C24H24F2N8O2. The highest BCUT2D eigenvalue weighted by Crippen LogP contribution is 2.23. The van der Waals surface area contributed by atoms with Crippen LogP contribution in [0.1, 0.15) is 35.3 Å². The number of carbonyl (C=O) groups excluding carboxylic acids is 1. The highest BCUT2D eigenvalue weighted by molar-refractivity contribution is 5.95. The lowest BCUT2D eigenvalue weighted by Crippen LogP contribution is -2.48. The lowest BCUT2D eigenvalue weighted by atomic mass is 10.1. The Bertz CT molecular complexity index is 1330. The molecule has 1 saturated heterocycles. The molecule has 1 amide bonds. The molecule has 0 radical (unpaired) electrons. The van der Waals surface area contributed by atoms with Crippen molar-refractivity contribution >= 4 is 5.91 Å². The lowest BCUT2D eigenvalue weighted by molar-refractivity contribution is 0.0643. The predicted molar refractivity (Wildman–Crippen MR) is 125 cm³/mol. The Labute approximate surface area is 205 Å². The second-order valence-electron chi connectivity index (χ2n) is 8.39. The summed E-state index contributed by atoms with van der Waals surface area (Å²) >= 11 is 0. The first-order valence-electron chi connectivity index (χ1n) is 11.6. The van der Waals surface area contributed by atoms with E-state index < -0.39 is 12.3 Å². The van der Waals surface area contributed by atoms with Crippen LogP contribution in [0.25, 0.3) is 22.7 Å². The predicted octanol–water partition coefficient (Wildman–Crippen LogP) is 3.15. The molecule has 5 rings (SSSR count). The number of hydrogen-bond acceptors (Lipinski definition) is 8. The number of alkyl halides is 2. The van der Waals surface area contributed by atoms with Crippen LogP contribution in [0.4, 0.5) is 8.78 Å². The van der Waals surface area contributed by atoms with Gasteiger partial charge in [-0.05, 0) is 30.8 Å². The molecule has 4 heterocycles. The zero-order valence-electron chi connectivity index (χ0n) is 19.6. The molecule has 186 valence electrons. The van der Waals surface area contributed by atoms with Gasteiger partial charge in [-0.25, -0.2) is 4.68 Å². The molecule has 36 heavy (non-hydrogen) atoms. The molecule has 1 aliphatic rings. The van der Waals surface area contributed by atoms with Crippen molar-refractivity contribution in [1.82, 2.24) is 40.0 Å². The summed E-state index contributed by atoms with van der Waals surface area (Å²) in [7, 11) is 0. The third-order valence-electron chi connectivity index (χ3n) is 6.07. The van der Waals surface area contributed by atoms with E-state index >= 15 is 0 Å². The first kappa shape index (κ1) is 23.7. The highest BCUT2D eigenvalue weighted by atomic mass is 19.3. The summed E-state index contributed by atoms with van der Waals surface area (Å²) in [5.74, 6) is -0.727. The maximum absolute atomic E-state index is 13.0. The van der Waals surface area contributed by atoms with Crippen LogP contribution in [0.5, 0.6) is 0 Å². The van der Waals surface area contributed by atoms with Crippen molar-refractivity contribution in [1.29, 1.82) is 0 Å². The molecule has 0 unspecified atom stereocenters. The molecule has 1 fully saturated rings. The Morgan fingerprint density at radius 1 is 1.06 bits per heavy atom. The largest absolute Gasteiger partial charge is 0.415 e. The van der Waals surface area contributed by atoms with Crippen molar-refractivity contribution in [3.8, 4) is 22.7 Å². The summed E-state index contributed by atoms with van der Waals surface area (Å²) in [5.41, 5.74) is 3.19. The SMILES string of the molecule is CCN1CCN(C(=O)c2cccc(-c3cn(Cc4ccc(-c5nnc(C(F)F)o5)cn4)nn3)c2)CC1. The molecule has 12 heteroatoms. The van der Waals surface area contributed by atoms with Crippen molar-refractivity contribution in [2.24, 2.45) is 0 Å². The number of amides is 1. The average Bonchev–Trinajstić information content (AvgIpc) is 3.60. The molecular weight excluding hydrogens is 470 g/mol. The van der Waals surface area contributed by atoms with Crippen molar-refractivity contribution in [2.75, 3.05) is 32.7 Å². The number of aromatic nitrogens is 6. The van der Waals surface area contributed by atoms with E-state index in [4.69, 9.17) is 4.42 Å². The van der Waals surface area contributed by atoms with Crippen LogP contribution in [0.15, 0.2) is 53.2 Å². The average molecular weight is 495 g/mol. The second-order valence-corrected chi connectivity index (χ2v) is 8.39. The number of rotatable bonds is 7. The van der Waals surface area contributed by atoms with E-state index in [2.05, 4.69) is 37.3 Å². The van der Waals surface area contributed by atoms with Gasteiger partial charge in [-0.1, -0.05) is 24.3 Å². The van der Waals surface area contributed by atoms with Gasteiger partial charge < -0.3 is 14.2 Å². The van der Waals surface area contributed by atoms with Crippen LogP contribution < -0.4 is 0 Å². The summed E-state index contributed by atoms with van der Waals surface area (Å²) < 4.78 is 31.9. The van der Waals surface area contributed by atoms with E-state index in [9.17, 15) is 13.6 Å². The standard InChI is InChI=1S/C24H24F2N8O2/c1-2-32-8-10-33(11-9-32)24(35)17-5-3-4-16(12-17)20-15-34(31-28-20)14-19-7-6-18(13-27-19)22-29-30-23(36-22)21(25)26/h3-7,12-13,15,21H,2,8-11,14H2,1H3. The molecule has 0 spiro atoms. The van der Waals surface area contributed by atoms with E-state index in [1.807, 2.05) is 29.2 Å². The first-order valence-corrected chi connectivity index (χ1v) is 11.6. The van der Waals surface area contributed by atoms with Crippen molar-refractivity contribution < 1.29 is 18.0 Å². The minimum Gasteiger partial charge on any atom is -0.415 e. The second kappa shape index (κ2) is 10.3.